The van der Waals surface area contributed by atoms with Crippen LogP contribution in [0.25, 0.3) is 0 Å². The average molecular weight is 478 g/mol. The fourth-order valence-corrected chi connectivity index (χ4v) is 5.51. The highest BCUT2D eigenvalue weighted by molar-refractivity contribution is 7.89. The van der Waals surface area contributed by atoms with Crippen LogP contribution >= 0.6 is 0 Å². The third-order valence-corrected chi connectivity index (χ3v) is 7.80. The Balaban J connectivity index is 1.48. The predicted molar refractivity (Wildman–Crippen MR) is 120 cm³/mol. The molecule has 2 aromatic rings. The summed E-state index contributed by atoms with van der Waals surface area (Å²) in [5.74, 6) is -0.684. The predicted octanol–water partition coefficient (Wildman–Crippen LogP) is 1.65. The minimum absolute atomic E-state index is 0.0836. The number of benzene rings is 2. The first-order valence-corrected chi connectivity index (χ1v) is 12.4. The van der Waals surface area contributed by atoms with Crippen LogP contribution in [0.4, 0.5) is 4.39 Å². The Labute approximate surface area is 193 Å². The van der Waals surface area contributed by atoms with Crippen LogP contribution in [0.15, 0.2) is 53.4 Å². The second-order valence-corrected chi connectivity index (χ2v) is 9.91. The zero-order chi connectivity index (χ0) is 23.3. The van der Waals surface area contributed by atoms with E-state index in [1.54, 1.807) is 24.3 Å². The summed E-state index contributed by atoms with van der Waals surface area (Å²) in [6.45, 7) is 4.16. The van der Waals surface area contributed by atoms with Crippen LogP contribution in [0.2, 0.25) is 0 Å². The molecule has 1 N–H and O–H groups in total. The molecule has 10 heteroatoms. The lowest BCUT2D eigenvalue weighted by Gasteiger charge is -2.35. The molecule has 8 nitrogen and oxygen atoms in total. The molecule has 4 rings (SSSR count). The Morgan fingerprint density at radius 1 is 0.970 bits per heavy atom. The number of sulfonamides is 1. The summed E-state index contributed by atoms with van der Waals surface area (Å²) >= 11 is 0. The van der Waals surface area contributed by atoms with Gasteiger partial charge in [0.15, 0.2) is 0 Å². The lowest BCUT2D eigenvalue weighted by Crippen LogP contribution is -2.43. The van der Waals surface area contributed by atoms with Crippen molar-refractivity contribution in [1.82, 2.24) is 14.5 Å². The fraction of sp³-hybridized carbons (Fsp3) is 0.435. The summed E-state index contributed by atoms with van der Waals surface area (Å²) < 4.78 is 51.4. The highest BCUT2D eigenvalue weighted by atomic mass is 32.2. The van der Waals surface area contributed by atoms with Gasteiger partial charge in [0, 0.05) is 38.3 Å². The van der Waals surface area contributed by atoms with Crippen LogP contribution in [0.1, 0.15) is 22.0 Å². The number of nitrogens with one attached hydrogen (secondary N) is 1. The maximum Gasteiger partial charge on any atom is 0.251 e. The summed E-state index contributed by atoms with van der Waals surface area (Å²) in [5.41, 5.74) is 1.16. The third-order valence-electron chi connectivity index (χ3n) is 5.90. The van der Waals surface area contributed by atoms with Gasteiger partial charge in [0.2, 0.25) is 10.0 Å². The number of hydrogen-bond acceptors (Lipinski definition) is 6. The van der Waals surface area contributed by atoms with Gasteiger partial charge in [-0.15, -0.1) is 0 Å². The van der Waals surface area contributed by atoms with Crippen LogP contribution in [0, 0.1) is 5.82 Å². The molecule has 2 saturated heterocycles. The molecule has 0 spiro atoms. The van der Waals surface area contributed by atoms with Crippen LogP contribution in [0.5, 0.6) is 0 Å². The lowest BCUT2D eigenvalue weighted by atomic mass is 10.0. The first kappa shape index (κ1) is 23.8. The van der Waals surface area contributed by atoms with Crippen LogP contribution < -0.4 is 5.32 Å². The average Bonchev–Trinajstić information content (AvgIpc) is 2.86. The Bertz CT molecular complexity index is 1050. The summed E-state index contributed by atoms with van der Waals surface area (Å²) in [7, 11) is -3.70. The van der Waals surface area contributed by atoms with E-state index in [9.17, 15) is 17.6 Å². The maximum absolute atomic E-state index is 13.4. The number of carbonyl (C=O) groups is 1. The van der Waals surface area contributed by atoms with Crippen LogP contribution in [-0.2, 0) is 19.5 Å². The minimum atomic E-state index is -3.70. The number of hydrogen-bond donors (Lipinski definition) is 1. The number of nitrogens with zero attached hydrogens (tertiary/aromatic N) is 2. The van der Waals surface area contributed by atoms with Crippen molar-refractivity contribution in [1.29, 1.82) is 0 Å². The van der Waals surface area contributed by atoms with E-state index in [1.807, 2.05) is 0 Å². The van der Waals surface area contributed by atoms with Gasteiger partial charge in [-0.25, -0.2) is 12.8 Å². The Morgan fingerprint density at radius 2 is 1.61 bits per heavy atom. The molecule has 0 bridgehead atoms. The molecule has 178 valence electrons. The largest absolute Gasteiger partial charge is 0.379 e. The summed E-state index contributed by atoms with van der Waals surface area (Å²) in [5, 5.41) is 2.92. The smallest absolute Gasteiger partial charge is 0.251 e. The molecule has 2 aliphatic heterocycles. The summed E-state index contributed by atoms with van der Waals surface area (Å²) in [4.78, 5) is 15.2. The normalized spacial score (nSPS) is 19.2. The van der Waals surface area contributed by atoms with Crippen molar-refractivity contribution in [3.8, 4) is 0 Å². The van der Waals surface area contributed by atoms with E-state index in [4.69, 9.17) is 9.47 Å². The van der Waals surface area contributed by atoms with Gasteiger partial charge in [-0.2, -0.15) is 4.31 Å². The van der Waals surface area contributed by atoms with Crippen molar-refractivity contribution in [3.05, 3.63) is 65.5 Å². The number of halogens is 1. The van der Waals surface area contributed by atoms with Crippen molar-refractivity contribution < 1.29 is 27.1 Å². The van der Waals surface area contributed by atoms with Crippen molar-refractivity contribution in [2.45, 2.75) is 10.9 Å². The first-order chi connectivity index (χ1) is 15.9. The Morgan fingerprint density at radius 3 is 2.27 bits per heavy atom. The topological polar surface area (TPSA) is 88.2 Å². The molecule has 33 heavy (non-hydrogen) atoms. The van der Waals surface area contributed by atoms with Gasteiger partial charge in [-0.3, -0.25) is 9.69 Å². The van der Waals surface area contributed by atoms with Crippen molar-refractivity contribution >= 4 is 15.9 Å². The molecule has 2 fully saturated rings. The molecule has 1 amide bonds. The van der Waals surface area contributed by atoms with E-state index >= 15 is 0 Å². The van der Waals surface area contributed by atoms with E-state index in [0.29, 0.717) is 46.1 Å². The second kappa shape index (κ2) is 10.7. The molecule has 0 saturated carbocycles. The molecule has 1 unspecified atom stereocenters. The number of rotatable bonds is 7. The summed E-state index contributed by atoms with van der Waals surface area (Å²) in [6.07, 6.45) is 0. The van der Waals surface area contributed by atoms with E-state index in [1.165, 1.54) is 28.6 Å². The van der Waals surface area contributed by atoms with Gasteiger partial charge in [0.05, 0.1) is 37.4 Å². The first-order valence-electron chi connectivity index (χ1n) is 11.0. The number of ether oxygens (including phenoxy) is 2. The van der Waals surface area contributed by atoms with E-state index in [0.717, 1.165) is 5.56 Å². The molecule has 2 heterocycles. The quantitative estimate of drug-likeness (QED) is 0.653. The molecule has 0 radical (unpaired) electrons. The van der Waals surface area contributed by atoms with Gasteiger partial charge in [-0.1, -0.05) is 18.2 Å². The highest BCUT2D eigenvalue weighted by Gasteiger charge is 2.27. The SMILES string of the molecule is O=C(NCC(c1ccc(F)cc1)N1CCOCC1)c1cccc(S(=O)(=O)N2CCOCC2)c1. The monoisotopic (exact) mass is 477 g/mol. The molecule has 2 aromatic carbocycles. The van der Waals surface area contributed by atoms with Gasteiger partial charge < -0.3 is 14.8 Å². The molecule has 1 atom stereocenters. The van der Waals surface area contributed by atoms with E-state index in [2.05, 4.69) is 10.2 Å². The number of amides is 1. The second-order valence-electron chi connectivity index (χ2n) is 7.97. The Kier molecular flexibility index (Phi) is 7.71. The molecule has 0 aliphatic carbocycles. The standard InChI is InChI=1S/C23H28FN3O5S/c24-20-6-4-18(5-7-20)22(26-8-12-31-13-9-26)17-25-23(28)19-2-1-3-21(16-19)33(29,30)27-10-14-32-15-11-27/h1-7,16,22H,8-15,17H2,(H,25,28). The van der Waals surface area contributed by atoms with E-state index < -0.39 is 10.0 Å². The molecular weight excluding hydrogens is 449 g/mol. The lowest BCUT2D eigenvalue weighted by molar-refractivity contribution is 0.0162. The zero-order valence-electron chi connectivity index (χ0n) is 18.3. The van der Waals surface area contributed by atoms with Gasteiger partial charge >= 0.3 is 0 Å². The third kappa shape index (κ3) is 5.77. The number of carbonyl (C=O) groups excluding carboxylic acids is 1. The van der Waals surface area contributed by atoms with E-state index in [-0.39, 0.29) is 41.3 Å². The molecule has 2 aliphatic rings. The van der Waals surface area contributed by atoms with Crippen LogP contribution in [0.3, 0.4) is 0 Å². The minimum Gasteiger partial charge on any atom is -0.379 e. The van der Waals surface area contributed by atoms with Gasteiger partial charge in [-0.05, 0) is 35.9 Å². The zero-order valence-corrected chi connectivity index (χ0v) is 19.1. The Hall–Kier alpha value is -2.37. The van der Waals surface area contributed by atoms with Gasteiger partial charge in [0.1, 0.15) is 5.82 Å². The van der Waals surface area contributed by atoms with Crippen molar-refractivity contribution in [3.63, 3.8) is 0 Å². The van der Waals surface area contributed by atoms with Gasteiger partial charge in [0.25, 0.3) is 5.91 Å². The summed E-state index contributed by atoms with van der Waals surface area (Å²) in [6, 6.07) is 12.2. The maximum atomic E-state index is 13.4. The molecule has 0 aromatic heterocycles. The fourth-order valence-electron chi connectivity index (χ4n) is 4.06. The molecular formula is C23H28FN3O5S. The van der Waals surface area contributed by atoms with Crippen molar-refractivity contribution in [2.24, 2.45) is 0 Å². The number of morpholine rings is 2. The van der Waals surface area contributed by atoms with Crippen LogP contribution in [-0.4, -0.2) is 82.7 Å². The highest BCUT2D eigenvalue weighted by Crippen LogP contribution is 2.22. The van der Waals surface area contributed by atoms with Crippen molar-refractivity contribution in [2.75, 3.05) is 59.2 Å².